The third kappa shape index (κ3) is 3.19. The molecule has 12 heteroatoms. The van der Waals surface area contributed by atoms with Crippen molar-refractivity contribution in [3.63, 3.8) is 0 Å². The minimum Gasteiger partial charge on any atom is -0.342 e. The molecular weight excluding hydrogens is 414 g/mol. The van der Waals surface area contributed by atoms with E-state index in [2.05, 4.69) is 15.1 Å². The summed E-state index contributed by atoms with van der Waals surface area (Å²) in [4.78, 5) is 6.59. The zero-order valence-electron chi connectivity index (χ0n) is 15.5. The normalized spacial score (nSPS) is 18.8. The molecule has 0 saturated carbocycles. The van der Waals surface area contributed by atoms with Crippen molar-refractivity contribution in [3.05, 3.63) is 29.8 Å². The first-order valence-corrected chi connectivity index (χ1v) is 10.2. The van der Waals surface area contributed by atoms with E-state index in [1.165, 1.54) is 17.1 Å². The maximum Gasteiger partial charge on any atom is 0.405 e. The Labute approximate surface area is 163 Å². The van der Waals surface area contributed by atoms with Crippen molar-refractivity contribution in [2.45, 2.75) is 37.0 Å². The van der Waals surface area contributed by atoms with Gasteiger partial charge in [-0.05, 0) is 37.5 Å². The van der Waals surface area contributed by atoms with E-state index in [0.717, 1.165) is 6.07 Å². The van der Waals surface area contributed by atoms with Gasteiger partial charge in [0.25, 0.3) is 10.0 Å². The highest BCUT2D eigenvalue weighted by Crippen LogP contribution is 2.38. The Morgan fingerprint density at radius 3 is 2.62 bits per heavy atom. The highest BCUT2D eigenvalue weighted by molar-refractivity contribution is 7.89. The van der Waals surface area contributed by atoms with Crippen LogP contribution in [0.4, 0.5) is 17.6 Å². The molecule has 7 nitrogen and oxygen atoms in total. The Morgan fingerprint density at radius 1 is 1.28 bits per heavy atom. The van der Waals surface area contributed by atoms with Crippen molar-refractivity contribution in [1.82, 2.24) is 24.1 Å². The van der Waals surface area contributed by atoms with Crippen LogP contribution in [0.25, 0.3) is 22.3 Å². The minimum absolute atomic E-state index is 0.0974. The van der Waals surface area contributed by atoms with Gasteiger partial charge >= 0.3 is 6.18 Å². The zero-order chi connectivity index (χ0) is 21.1. The Balaban J connectivity index is 1.89. The van der Waals surface area contributed by atoms with E-state index in [1.807, 2.05) is 0 Å². The van der Waals surface area contributed by atoms with E-state index in [-0.39, 0.29) is 36.1 Å². The first-order chi connectivity index (χ1) is 13.5. The van der Waals surface area contributed by atoms with Crippen molar-refractivity contribution in [2.24, 2.45) is 7.05 Å². The molecule has 1 fully saturated rings. The number of halogens is 4. The number of benzene rings is 1. The number of alkyl halides is 3. The molecule has 1 aliphatic rings. The highest BCUT2D eigenvalue weighted by atomic mass is 32.2. The Kier molecular flexibility index (Phi) is 4.46. The molecule has 0 unspecified atom stereocenters. The second kappa shape index (κ2) is 6.52. The molecule has 3 aromatic rings. The lowest BCUT2D eigenvalue weighted by atomic mass is 10.0. The van der Waals surface area contributed by atoms with Crippen molar-refractivity contribution in [3.8, 4) is 11.4 Å². The van der Waals surface area contributed by atoms with Gasteiger partial charge in [-0.3, -0.25) is 4.68 Å². The molecule has 0 amide bonds. The minimum atomic E-state index is -4.68. The van der Waals surface area contributed by atoms with E-state index in [4.69, 9.17) is 0 Å². The number of aromatic amines is 1. The van der Waals surface area contributed by atoms with Gasteiger partial charge in [0.05, 0.1) is 5.52 Å². The maximum atomic E-state index is 14.5. The van der Waals surface area contributed by atoms with Crippen molar-refractivity contribution < 1.29 is 26.0 Å². The molecule has 156 valence electrons. The number of nitrogens with zero attached hydrogens (tertiary/aromatic N) is 4. The molecule has 4 rings (SSSR count). The predicted molar refractivity (Wildman–Crippen MR) is 96.0 cm³/mol. The van der Waals surface area contributed by atoms with Crippen LogP contribution in [-0.4, -0.2) is 51.2 Å². The van der Waals surface area contributed by atoms with Crippen LogP contribution in [0.3, 0.4) is 0 Å². The fraction of sp³-hybridized carbons (Fsp3) is 0.412. The van der Waals surface area contributed by atoms with Crippen LogP contribution in [0.15, 0.2) is 23.5 Å². The number of aromatic nitrogens is 4. The second-order valence-electron chi connectivity index (χ2n) is 7.03. The lowest BCUT2D eigenvalue weighted by Crippen LogP contribution is -2.44. The van der Waals surface area contributed by atoms with Gasteiger partial charge in [0.2, 0.25) is 0 Å². The van der Waals surface area contributed by atoms with Crippen LogP contribution >= 0.6 is 0 Å². The SMILES string of the molecule is Cc1cc(F)c2[nH]c(S(=O)(=O)N3CCC[C@@H]3C(F)(F)F)cc2c1-c1ncn(C)n1. The molecule has 1 aliphatic heterocycles. The fourth-order valence-electron chi connectivity index (χ4n) is 3.73. The van der Waals surface area contributed by atoms with Gasteiger partial charge < -0.3 is 4.98 Å². The molecule has 2 aromatic heterocycles. The summed E-state index contributed by atoms with van der Waals surface area (Å²) in [5.74, 6) is -0.459. The Bertz CT molecular complexity index is 1200. The topological polar surface area (TPSA) is 83.9 Å². The number of nitrogens with one attached hydrogen (secondary N) is 1. The molecule has 1 N–H and O–H groups in total. The molecule has 3 heterocycles. The van der Waals surface area contributed by atoms with Crippen molar-refractivity contribution in [1.29, 1.82) is 0 Å². The molecular formula is C17H17F4N5O2S. The monoisotopic (exact) mass is 431 g/mol. The molecule has 1 saturated heterocycles. The third-order valence-corrected chi connectivity index (χ3v) is 6.86. The molecule has 29 heavy (non-hydrogen) atoms. The quantitative estimate of drug-likeness (QED) is 0.646. The molecule has 0 spiro atoms. The summed E-state index contributed by atoms with van der Waals surface area (Å²) < 4.78 is 82.1. The lowest BCUT2D eigenvalue weighted by molar-refractivity contribution is -0.165. The number of sulfonamides is 1. The Hall–Kier alpha value is -2.47. The summed E-state index contributed by atoms with van der Waals surface area (Å²) in [6.07, 6.45) is -3.45. The second-order valence-corrected chi connectivity index (χ2v) is 8.89. The molecule has 1 aromatic carbocycles. The van der Waals surface area contributed by atoms with Crippen LogP contribution in [-0.2, 0) is 17.1 Å². The first-order valence-electron chi connectivity index (χ1n) is 8.76. The van der Waals surface area contributed by atoms with Crippen LogP contribution in [0, 0.1) is 12.7 Å². The summed E-state index contributed by atoms with van der Waals surface area (Å²) in [7, 11) is -2.87. The van der Waals surface area contributed by atoms with Crippen LogP contribution < -0.4 is 0 Å². The van der Waals surface area contributed by atoms with E-state index < -0.39 is 33.1 Å². The first kappa shape index (κ1) is 19.8. The van der Waals surface area contributed by atoms with Gasteiger partial charge in [-0.25, -0.2) is 17.8 Å². The van der Waals surface area contributed by atoms with Gasteiger partial charge in [-0.15, -0.1) is 0 Å². The van der Waals surface area contributed by atoms with E-state index >= 15 is 0 Å². The van der Waals surface area contributed by atoms with Gasteiger partial charge in [-0.1, -0.05) is 0 Å². The van der Waals surface area contributed by atoms with E-state index in [1.54, 1.807) is 14.0 Å². The van der Waals surface area contributed by atoms with E-state index in [0.29, 0.717) is 15.4 Å². The van der Waals surface area contributed by atoms with Gasteiger partial charge in [-0.2, -0.15) is 22.6 Å². The molecule has 1 atom stereocenters. The average Bonchev–Trinajstić information content (AvgIpc) is 3.32. The van der Waals surface area contributed by atoms with Crippen molar-refractivity contribution in [2.75, 3.05) is 6.54 Å². The molecule has 0 bridgehead atoms. The van der Waals surface area contributed by atoms with Gasteiger partial charge in [0.15, 0.2) is 5.82 Å². The van der Waals surface area contributed by atoms with Crippen LogP contribution in [0.5, 0.6) is 0 Å². The number of hydrogen-bond acceptors (Lipinski definition) is 4. The van der Waals surface area contributed by atoms with Crippen molar-refractivity contribution >= 4 is 20.9 Å². The average molecular weight is 431 g/mol. The maximum absolute atomic E-state index is 14.5. The number of fused-ring (bicyclic) bond motifs is 1. The zero-order valence-corrected chi connectivity index (χ0v) is 16.3. The smallest absolute Gasteiger partial charge is 0.342 e. The lowest BCUT2D eigenvalue weighted by Gasteiger charge is -2.25. The molecule has 0 aliphatic carbocycles. The summed E-state index contributed by atoms with van der Waals surface area (Å²) >= 11 is 0. The van der Waals surface area contributed by atoms with Gasteiger partial charge in [0, 0.05) is 24.5 Å². The largest absolute Gasteiger partial charge is 0.405 e. The number of H-pyrrole nitrogens is 1. The summed E-state index contributed by atoms with van der Waals surface area (Å²) in [5, 5.41) is 3.87. The summed E-state index contributed by atoms with van der Waals surface area (Å²) in [5.41, 5.74) is 0.756. The summed E-state index contributed by atoms with van der Waals surface area (Å²) in [6.45, 7) is 1.37. The number of hydrogen-bond donors (Lipinski definition) is 1. The number of aryl methyl sites for hydroxylation is 2. The predicted octanol–water partition coefficient (Wildman–Crippen LogP) is 3.13. The standard InChI is InChI=1S/C17H17F4N5O2S/c1-9-6-11(18)15-10(14(9)16-22-8-25(2)24-16)7-13(23-15)29(27,28)26-5-3-4-12(26)17(19,20)21/h6-8,12,23H,3-5H2,1-2H3/t12-/m1/s1. The Morgan fingerprint density at radius 2 is 2.00 bits per heavy atom. The third-order valence-electron chi connectivity index (χ3n) is 5.03. The van der Waals surface area contributed by atoms with Gasteiger partial charge in [0.1, 0.15) is 23.2 Å². The van der Waals surface area contributed by atoms with E-state index in [9.17, 15) is 26.0 Å². The van der Waals surface area contributed by atoms with Crippen LogP contribution in [0.1, 0.15) is 18.4 Å². The fourth-order valence-corrected chi connectivity index (χ4v) is 5.41. The number of rotatable bonds is 3. The molecule has 0 radical (unpaired) electrons. The van der Waals surface area contributed by atoms with Crippen LogP contribution in [0.2, 0.25) is 0 Å². The summed E-state index contributed by atoms with van der Waals surface area (Å²) in [6, 6.07) is 0.260. The highest BCUT2D eigenvalue weighted by Gasteiger charge is 2.50.